The Hall–Kier alpha value is -1.17. The Bertz CT molecular complexity index is 713. The van der Waals surface area contributed by atoms with E-state index in [4.69, 9.17) is 37.4 Å². The van der Waals surface area contributed by atoms with Crippen LogP contribution < -0.4 is 14.8 Å². The lowest BCUT2D eigenvalue weighted by atomic mass is 10.1. The van der Waals surface area contributed by atoms with Crippen molar-refractivity contribution >= 4 is 35.6 Å². The summed E-state index contributed by atoms with van der Waals surface area (Å²) in [5, 5.41) is 4.62. The molecule has 0 fully saturated rings. The van der Waals surface area contributed by atoms with E-state index in [2.05, 4.69) is 5.32 Å². The smallest absolute Gasteiger partial charge is 0.166 e. The third-order valence-corrected chi connectivity index (χ3v) is 4.50. The van der Waals surface area contributed by atoms with Gasteiger partial charge in [-0.05, 0) is 45.0 Å². The first-order valence-corrected chi connectivity index (χ1v) is 10.0. The Balaban J connectivity index is 0.00000392. The second-order valence-electron chi connectivity index (χ2n) is 5.93. The zero-order chi connectivity index (χ0) is 19.5. The molecule has 0 aliphatic heterocycles. The average Bonchev–Trinajstić information content (AvgIpc) is 2.65. The molecule has 2 aromatic carbocycles. The summed E-state index contributed by atoms with van der Waals surface area (Å²) in [5.74, 6) is 1.47. The first kappa shape index (κ1) is 24.9. The molecule has 0 aromatic heterocycles. The van der Waals surface area contributed by atoms with Crippen LogP contribution in [0.3, 0.4) is 0 Å². The second-order valence-corrected chi connectivity index (χ2v) is 6.77. The summed E-state index contributed by atoms with van der Waals surface area (Å²) >= 11 is 12.2. The Morgan fingerprint density at radius 2 is 1.79 bits per heavy atom. The van der Waals surface area contributed by atoms with Gasteiger partial charge in [-0.1, -0.05) is 41.4 Å². The molecule has 2 aromatic rings. The van der Waals surface area contributed by atoms with Crippen molar-refractivity contribution in [2.24, 2.45) is 0 Å². The molecule has 7 heteroatoms. The summed E-state index contributed by atoms with van der Waals surface area (Å²) in [5.41, 5.74) is 1.92. The van der Waals surface area contributed by atoms with Gasteiger partial charge >= 0.3 is 0 Å². The van der Waals surface area contributed by atoms with Gasteiger partial charge in [0.15, 0.2) is 11.5 Å². The molecule has 0 aliphatic carbocycles. The molecule has 1 N–H and O–H groups in total. The maximum absolute atomic E-state index is 6.26. The molecular formula is C21H28Cl3NO3. The number of rotatable bonds is 12. The normalized spacial score (nSPS) is 10.4. The van der Waals surface area contributed by atoms with E-state index < -0.39 is 0 Å². The molecule has 0 spiro atoms. The van der Waals surface area contributed by atoms with E-state index in [0.29, 0.717) is 29.8 Å². The molecule has 0 saturated carbocycles. The van der Waals surface area contributed by atoms with E-state index in [1.165, 1.54) is 0 Å². The molecule has 0 radical (unpaired) electrons. The molecule has 156 valence electrons. The monoisotopic (exact) mass is 447 g/mol. The fourth-order valence-electron chi connectivity index (χ4n) is 2.59. The maximum Gasteiger partial charge on any atom is 0.166 e. The van der Waals surface area contributed by atoms with Crippen LogP contribution >= 0.6 is 35.6 Å². The molecule has 4 nitrogen and oxygen atoms in total. The number of ether oxygens (including phenoxy) is 3. The van der Waals surface area contributed by atoms with Crippen molar-refractivity contribution in [1.82, 2.24) is 5.32 Å². The lowest BCUT2D eigenvalue weighted by molar-refractivity contribution is 0.144. The van der Waals surface area contributed by atoms with Crippen LogP contribution in [0, 0.1) is 0 Å². The summed E-state index contributed by atoms with van der Waals surface area (Å²) < 4.78 is 17.2. The topological polar surface area (TPSA) is 39.7 Å². The zero-order valence-corrected chi connectivity index (χ0v) is 18.6. The summed E-state index contributed by atoms with van der Waals surface area (Å²) in [6.07, 6.45) is 0.968. The van der Waals surface area contributed by atoms with E-state index in [0.717, 1.165) is 48.8 Å². The van der Waals surface area contributed by atoms with Crippen LogP contribution in [0.4, 0.5) is 0 Å². The number of hydrogen-bond donors (Lipinski definition) is 1. The number of halogens is 3. The number of benzene rings is 2. The minimum absolute atomic E-state index is 0. The molecule has 0 unspecified atom stereocenters. The molecular weight excluding hydrogens is 421 g/mol. The number of nitrogens with one attached hydrogen (secondary N) is 1. The standard InChI is InChI=1S/C21H27Cl2NO3.ClH/c1-3-25-12-6-11-24-14-16-7-5-8-20(26-4-2)21(16)27-15-17-9-10-18(22)13-19(17)23;/h5,7-10,13,24H,3-4,6,11-12,14-15H2,1-2H3;1H. The van der Waals surface area contributed by atoms with Gasteiger partial charge in [0.25, 0.3) is 0 Å². The van der Waals surface area contributed by atoms with Gasteiger partial charge in [0.1, 0.15) is 6.61 Å². The summed E-state index contributed by atoms with van der Waals surface area (Å²) in [7, 11) is 0. The van der Waals surface area contributed by atoms with Gasteiger partial charge in [-0.25, -0.2) is 0 Å². The molecule has 2 rings (SSSR count). The van der Waals surface area contributed by atoms with E-state index in [1.807, 2.05) is 38.1 Å². The van der Waals surface area contributed by atoms with Gasteiger partial charge < -0.3 is 19.5 Å². The quantitative estimate of drug-likeness (QED) is 0.410. The fraction of sp³-hybridized carbons (Fsp3) is 0.429. The molecule has 0 heterocycles. The van der Waals surface area contributed by atoms with Gasteiger partial charge in [-0.2, -0.15) is 0 Å². The highest BCUT2D eigenvalue weighted by molar-refractivity contribution is 6.35. The van der Waals surface area contributed by atoms with E-state index in [9.17, 15) is 0 Å². The Morgan fingerprint density at radius 3 is 2.50 bits per heavy atom. The van der Waals surface area contributed by atoms with E-state index >= 15 is 0 Å². The first-order valence-electron chi connectivity index (χ1n) is 9.25. The Kier molecular flexibility index (Phi) is 12.4. The van der Waals surface area contributed by atoms with Gasteiger partial charge in [-0.15, -0.1) is 12.4 Å². The minimum atomic E-state index is 0. The SMILES string of the molecule is CCOCCCNCc1cccc(OCC)c1OCc1ccc(Cl)cc1Cl.Cl. The second kappa shape index (κ2) is 13.9. The van der Waals surface area contributed by atoms with Crippen LogP contribution in [0.1, 0.15) is 31.4 Å². The molecule has 0 amide bonds. The van der Waals surface area contributed by atoms with Crippen molar-refractivity contribution in [3.63, 3.8) is 0 Å². The first-order chi connectivity index (χ1) is 13.2. The molecule has 0 saturated heterocycles. The van der Waals surface area contributed by atoms with Gasteiger partial charge in [0.05, 0.1) is 6.61 Å². The molecule has 0 aliphatic rings. The average molecular weight is 449 g/mol. The highest BCUT2D eigenvalue weighted by Gasteiger charge is 2.12. The van der Waals surface area contributed by atoms with E-state index in [-0.39, 0.29) is 12.4 Å². The van der Waals surface area contributed by atoms with Crippen molar-refractivity contribution in [1.29, 1.82) is 0 Å². The summed E-state index contributed by atoms with van der Waals surface area (Å²) in [6.45, 7) is 7.96. The van der Waals surface area contributed by atoms with Crippen LogP contribution in [0.5, 0.6) is 11.5 Å². The predicted molar refractivity (Wildman–Crippen MR) is 118 cm³/mol. The third kappa shape index (κ3) is 8.06. The number of hydrogen-bond acceptors (Lipinski definition) is 4. The Morgan fingerprint density at radius 1 is 0.964 bits per heavy atom. The van der Waals surface area contributed by atoms with Crippen molar-refractivity contribution in [3.05, 3.63) is 57.6 Å². The van der Waals surface area contributed by atoms with Gasteiger partial charge in [0, 0.05) is 40.9 Å². The highest BCUT2D eigenvalue weighted by Crippen LogP contribution is 2.33. The predicted octanol–water partition coefficient (Wildman–Crippen LogP) is 5.91. The van der Waals surface area contributed by atoms with Gasteiger partial charge in [-0.3, -0.25) is 0 Å². The van der Waals surface area contributed by atoms with Gasteiger partial charge in [0.2, 0.25) is 0 Å². The van der Waals surface area contributed by atoms with Crippen molar-refractivity contribution in [3.8, 4) is 11.5 Å². The van der Waals surface area contributed by atoms with Crippen LogP contribution in [-0.4, -0.2) is 26.4 Å². The third-order valence-electron chi connectivity index (χ3n) is 3.91. The fourth-order valence-corrected chi connectivity index (χ4v) is 3.05. The lowest BCUT2D eigenvalue weighted by Crippen LogP contribution is -2.17. The van der Waals surface area contributed by atoms with Crippen LogP contribution in [0.15, 0.2) is 36.4 Å². The summed E-state index contributed by atoms with van der Waals surface area (Å²) in [4.78, 5) is 0. The van der Waals surface area contributed by atoms with E-state index in [1.54, 1.807) is 12.1 Å². The number of para-hydroxylation sites is 1. The molecule has 0 atom stereocenters. The highest BCUT2D eigenvalue weighted by atomic mass is 35.5. The largest absolute Gasteiger partial charge is 0.490 e. The molecule has 28 heavy (non-hydrogen) atoms. The van der Waals surface area contributed by atoms with Crippen LogP contribution in [-0.2, 0) is 17.9 Å². The van der Waals surface area contributed by atoms with Crippen molar-refractivity contribution in [2.75, 3.05) is 26.4 Å². The van der Waals surface area contributed by atoms with Crippen molar-refractivity contribution in [2.45, 2.75) is 33.4 Å². The van der Waals surface area contributed by atoms with Crippen molar-refractivity contribution < 1.29 is 14.2 Å². The summed E-state index contributed by atoms with van der Waals surface area (Å²) in [6, 6.07) is 11.3. The van der Waals surface area contributed by atoms with Crippen LogP contribution in [0.25, 0.3) is 0 Å². The minimum Gasteiger partial charge on any atom is -0.490 e. The molecule has 0 bridgehead atoms. The Labute approximate surface area is 183 Å². The van der Waals surface area contributed by atoms with Crippen LogP contribution in [0.2, 0.25) is 10.0 Å². The zero-order valence-electron chi connectivity index (χ0n) is 16.3. The lowest BCUT2D eigenvalue weighted by Gasteiger charge is -2.17. The maximum atomic E-state index is 6.26.